The molecule has 0 saturated carbocycles. The number of aromatic nitrogens is 4. The molecule has 2 rings (SSSR count). The summed E-state index contributed by atoms with van der Waals surface area (Å²) in [6, 6.07) is 0. The van der Waals surface area contributed by atoms with Crippen LogP contribution in [-0.4, -0.2) is 33.0 Å². The summed E-state index contributed by atoms with van der Waals surface area (Å²) >= 11 is 0. The molecule has 1 aromatic heterocycles. The molecule has 2 heterocycles. The van der Waals surface area contributed by atoms with Gasteiger partial charge in [-0.1, -0.05) is 13.0 Å². The van der Waals surface area contributed by atoms with Crippen molar-refractivity contribution in [2.45, 2.75) is 20.4 Å². The Kier molecular flexibility index (Phi) is 2.44. The number of hydrogen-bond acceptors (Lipinski definition) is 4. The van der Waals surface area contributed by atoms with E-state index in [4.69, 9.17) is 4.74 Å². The zero-order chi connectivity index (χ0) is 10.9. The van der Waals surface area contributed by atoms with E-state index >= 15 is 0 Å². The van der Waals surface area contributed by atoms with Gasteiger partial charge in [0.1, 0.15) is 0 Å². The van der Waals surface area contributed by atoms with E-state index < -0.39 is 0 Å². The molecule has 0 unspecified atom stereocenters. The fourth-order valence-corrected chi connectivity index (χ4v) is 1.52. The average Bonchev–Trinajstić information content (AvgIpc) is 2.48. The van der Waals surface area contributed by atoms with E-state index in [1.54, 1.807) is 12.3 Å². The molecule has 0 aliphatic carbocycles. The van der Waals surface area contributed by atoms with Crippen LogP contribution >= 0.6 is 0 Å². The van der Waals surface area contributed by atoms with Gasteiger partial charge in [-0.25, -0.2) is 4.79 Å². The summed E-state index contributed by atoms with van der Waals surface area (Å²) in [4.78, 5) is 11.7. The molecule has 1 aliphatic rings. The molecule has 1 aliphatic heterocycles. The predicted molar refractivity (Wildman–Crippen MR) is 54.2 cm³/mol. The van der Waals surface area contributed by atoms with E-state index in [0.29, 0.717) is 19.8 Å². The van der Waals surface area contributed by atoms with E-state index in [9.17, 15) is 4.79 Å². The summed E-state index contributed by atoms with van der Waals surface area (Å²) in [5.74, 6) is 0. The first-order chi connectivity index (χ1) is 7.14. The molecule has 1 saturated heterocycles. The quantitative estimate of drug-likeness (QED) is 0.702. The van der Waals surface area contributed by atoms with Crippen LogP contribution in [0, 0.1) is 5.41 Å². The maximum Gasteiger partial charge on any atom is 0.367 e. The predicted octanol–water partition coefficient (Wildman–Crippen LogP) is -0.0331. The Morgan fingerprint density at radius 2 is 2.27 bits per heavy atom. The lowest BCUT2D eigenvalue weighted by molar-refractivity contribution is -0.112. The Balaban J connectivity index is 2.19. The maximum atomic E-state index is 11.7. The topological polar surface area (TPSA) is 61.9 Å². The van der Waals surface area contributed by atoms with Crippen LogP contribution in [0.5, 0.6) is 0 Å². The highest BCUT2D eigenvalue weighted by atomic mass is 16.5. The molecule has 0 amide bonds. The summed E-state index contributed by atoms with van der Waals surface area (Å²) < 4.78 is 7.72. The molecule has 1 aromatic rings. The van der Waals surface area contributed by atoms with E-state index in [1.807, 2.05) is 6.92 Å². The van der Waals surface area contributed by atoms with Gasteiger partial charge in [0.2, 0.25) is 0 Å². The van der Waals surface area contributed by atoms with Crippen LogP contribution in [0.2, 0.25) is 0 Å². The molecule has 0 bridgehead atoms. The highest BCUT2D eigenvalue weighted by Crippen LogP contribution is 2.27. The summed E-state index contributed by atoms with van der Waals surface area (Å²) in [7, 11) is 0. The lowest BCUT2D eigenvalue weighted by Gasteiger charge is -2.37. The third-order valence-electron chi connectivity index (χ3n) is 2.38. The van der Waals surface area contributed by atoms with Crippen LogP contribution in [-0.2, 0) is 11.3 Å². The van der Waals surface area contributed by atoms with Crippen molar-refractivity contribution in [3.63, 3.8) is 0 Å². The van der Waals surface area contributed by atoms with E-state index in [-0.39, 0.29) is 11.1 Å². The third kappa shape index (κ3) is 1.85. The number of tetrazole rings is 1. The number of rotatable bonds is 3. The first-order valence-corrected chi connectivity index (χ1v) is 4.87. The van der Waals surface area contributed by atoms with Crippen LogP contribution < -0.4 is 5.69 Å². The van der Waals surface area contributed by atoms with Crippen LogP contribution in [0.1, 0.15) is 13.8 Å². The molecule has 0 N–H and O–H groups in total. The summed E-state index contributed by atoms with van der Waals surface area (Å²) in [5.41, 5.74) is -0.179. The van der Waals surface area contributed by atoms with E-state index in [1.165, 1.54) is 9.36 Å². The minimum Gasteiger partial charge on any atom is -0.380 e. The molecule has 1 fully saturated rings. The SMILES string of the molecule is C/C=C/n1nnn(CC2(C)COC2)c1=O. The minimum absolute atomic E-state index is 0.0284. The Morgan fingerprint density at radius 3 is 2.80 bits per heavy atom. The van der Waals surface area contributed by atoms with Crippen molar-refractivity contribution in [3.8, 4) is 0 Å². The second-order valence-electron chi connectivity index (χ2n) is 4.15. The van der Waals surface area contributed by atoms with Gasteiger partial charge in [0.05, 0.1) is 19.8 Å². The molecular formula is C9H14N4O2. The highest BCUT2D eigenvalue weighted by molar-refractivity contribution is 5.16. The largest absolute Gasteiger partial charge is 0.380 e. The van der Waals surface area contributed by atoms with E-state index in [0.717, 1.165) is 0 Å². The van der Waals surface area contributed by atoms with Gasteiger partial charge in [-0.3, -0.25) is 0 Å². The zero-order valence-corrected chi connectivity index (χ0v) is 8.88. The van der Waals surface area contributed by atoms with Crippen LogP contribution in [0.15, 0.2) is 10.9 Å². The molecule has 0 atom stereocenters. The average molecular weight is 210 g/mol. The van der Waals surface area contributed by atoms with Gasteiger partial charge in [-0.15, -0.1) is 0 Å². The third-order valence-corrected chi connectivity index (χ3v) is 2.38. The first kappa shape index (κ1) is 10.1. The molecule has 15 heavy (non-hydrogen) atoms. The molecule has 82 valence electrons. The number of ether oxygens (including phenoxy) is 1. The van der Waals surface area contributed by atoms with Crippen molar-refractivity contribution in [1.29, 1.82) is 0 Å². The van der Waals surface area contributed by atoms with Gasteiger partial charge in [0.25, 0.3) is 0 Å². The first-order valence-electron chi connectivity index (χ1n) is 4.87. The van der Waals surface area contributed by atoms with Crippen molar-refractivity contribution >= 4 is 6.20 Å². The number of hydrogen-bond donors (Lipinski definition) is 0. The van der Waals surface area contributed by atoms with Gasteiger partial charge >= 0.3 is 5.69 Å². The Labute approximate surface area is 87.1 Å². The Bertz CT molecular complexity index is 428. The molecule has 0 radical (unpaired) electrons. The molecule has 6 heteroatoms. The van der Waals surface area contributed by atoms with Gasteiger partial charge in [0, 0.05) is 11.6 Å². The van der Waals surface area contributed by atoms with Crippen molar-refractivity contribution in [3.05, 3.63) is 16.6 Å². The fraction of sp³-hybridized carbons (Fsp3) is 0.667. The minimum atomic E-state index is -0.207. The molecule has 0 spiro atoms. The monoisotopic (exact) mass is 210 g/mol. The van der Waals surface area contributed by atoms with Gasteiger partial charge < -0.3 is 4.74 Å². The standard InChI is InChI=1S/C9H14N4O2/c1-3-4-12-8(14)13(11-10-12)5-9(2)6-15-7-9/h3-4H,5-7H2,1-2H3/b4-3+. The summed E-state index contributed by atoms with van der Waals surface area (Å²) in [6.45, 7) is 5.80. The van der Waals surface area contributed by atoms with Crippen LogP contribution in [0.3, 0.4) is 0 Å². The smallest absolute Gasteiger partial charge is 0.367 e. The molecular weight excluding hydrogens is 196 g/mol. The Morgan fingerprint density at radius 1 is 1.53 bits per heavy atom. The van der Waals surface area contributed by atoms with Crippen LogP contribution in [0.25, 0.3) is 6.20 Å². The fourth-order valence-electron chi connectivity index (χ4n) is 1.52. The van der Waals surface area contributed by atoms with E-state index in [2.05, 4.69) is 17.4 Å². The van der Waals surface area contributed by atoms with Crippen LogP contribution in [0.4, 0.5) is 0 Å². The van der Waals surface area contributed by atoms with Gasteiger partial charge in [-0.2, -0.15) is 9.36 Å². The van der Waals surface area contributed by atoms with Crippen molar-refractivity contribution < 1.29 is 4.74 Å². The van der Waals surface area contributed by atoms with Crippen molar-refractivity contribution in [1.82, 2.24) is 19.8 Å². The van der Waals surface area contributed by atoms with Crippen molar-refractivity contribution in [2.24, 2.45) is 5.41 Å². The van der Waals surface area contributed by atoms with Gasteiger partial charge in [0.15, 0.2) is 0 Å². The normalized spacial score (nSPS) is 19.3. The highest BCUT2D eigenvalue weighted by Gasteiger charge is 2.34. The molecule has 0 aromatic carbocycles. The lowest BCUT2D eigenvalue weighted by atomic mass is 9.89. The Hall–Kier alpha value is -1.43. The summed E-state index contributed by atoms with van der Waals surface area (Å²) in [6.07, 6.45) is 3.33. The zero-order valence-electron chi connectivity index (χ0n) is 8.88. The number of nitrogens with zero attached hydrogens (tertiary/aromatic N) is 4. The van der Waals surface area contributed by atoms with Gasteiger partial charge in [-0.05, 0) is 17.4 Å². The summed E-state index contributed by atoms with van der Waals surface area (Å²) in [5, 5.41) is 7.55. The second kappa shape index (κ2) is 3.62. The lowest BCUT2D eigenvalue weighted by Crippen LogP contribution is -2.45. The second-order valence-corrected chi connectivity index (χ2v) is 4.15. The molecule has 6 nitrogen and oxygen atoms in total. The number of allylic oxidation sites excluding steroid dienone is 1. The maximum absolute atomic E-state index is 11.7. The van der Waals surface area contributed by atoms with Crippen molar-refractivity contribution in [2.75, 3.05) is 13.2 Å².